The number of primary amides is 1. The zero-order chi connectivity index (χ0) is 31.1. The van der Waals surface area contributed by atoms with Gasteiger partial charge in [0.2, 0.25) is 5.91 Å². The van der Waals surface area contributed by atoms with E-state index in [-0.39, 0.29) is 11.6 Å². The molecule has 2 amide bonds. The number of aliphatic imine (C=N–C) groups is 1. The fourth-order valence-electron chi connectivity index (χ4n) is 3.83. The molecule has 0 aliphatic carbocycles. The lowest BCUT2D eigenvalue weighted by Gasteiger charge is -2.17. The Bertz CT molecular complexity index is 1380. The molecule has 2 heterocycles. The Hall–Kier alpha value is -4.28. The molecule has 0 spiro atoms. The normalized spacial score (nSPS) is 12.0. The van der Waals surface area contributed by atoms with E-state index in [1.807, 2.05) is 51.8 Å². The first kappa shape index (κ1) is 33.9. The van der Waals surface area contributed by atoms with Crippen LogP contribution in [0, 0.1) is 0 Å². The predicted octanol–water partition coefficient (Wildman–Crippen LogP) is 5.40. The van der Waals surface area contributed by atoms with Gasteiger partial charge in [-0.2, -0.15) is 16.4 Å². The van der Waals surface area contributed by atoms with E-state index in [1.54, 1.807) is 43.4 Å². The van der Waals surface area contributed by atoms with Gasteiger partial charge in [-0.3, -0.25) is 14.6 Å². The number of hydrogen-bond donors (Lipinski definition) is 3. The van der Waals surface area contributed by atoms with Crippen molar-refractivity contribution in [3.8, 4) is 5.69 Å². The van der Waals surface area contributed by atoms with E-state index >= 15 is 0 Å². The number of thiophene rings is 1. The van der Waals surface area contributed by atoms with Crippen molar-refractivity contribution in [2.45, 2.75) is 53.0 Å². The Kier molecular flexibility index (Phi) is 14.1. The molecule has 0 saturated heterocycles. The Morgan fingerprint density at radius 1 is 1.24 bits per heavy atom. The third-order valence-electron chi connectivity index (χ3n) is 6.19. The van der Waals surface area contributed by atoms with Gasteiger partial charge in [-0.15, -0.1) is 0 Å². The van der Waals surface area contributed by atoms with Gasteiger partial charge in [0.15, 0.2) is 0 Å². The summed E-state index contributed by atoms with van der Waals surface area (Å²) in [6.45, 7) is 12.4. The number of benzene rings is 1. The zero-order valence-corrected chi connectivity index (χ0v) is 25.9. The molecule has 0 aliphatic rings. The van der Waals surface area contributed by atoms with Crippen molar-refractivity contribution in [3.63, 3.8) is 0 Å². The summed E-state index contributed by atoms with van der Waals surface area (Å²) in [6.07, 6.45) is 8.83. The summed E-state index contributed by atoms with van der Waals surface area (Å²) in [5, 5.41) is 19.2. The van der Waals surface area contributed by atoms with Crippen molar-refractivity contribution < 1.29 is 14.7 Å². The first-order chi connectivity index (χ1) is 20.1. The lowest BCUT2D eigenvalue weighted by molar-refractivity contribution is -0.117. The molecule has 2 aromatic heterocycles. The molecule has 0 atom stereocenters. The van der Waals surface area contributed by atoms with E-state index < -0.39 is 5.91 Å². The molecule has 224 valence electrons. The lowest BCUT2D eigenvalue weighted by atomic mass is 10.1. The number of unbranched alkanes of at least 4 members (excludes halogenated alkanes) is 1. The molecule has 0 fully saturated rings. The van der Waals surface area contributed by atoms with Gasteiger partial charge in [0, 0.05) is 54.8 Å². The van der Waals surface area contributed by atoms with Crippen molar-refractivity contribution in [1.29, 1.82) is 0 Å². The Balaban J connectivity index is 0.00000113. The number of nitrogens with zero attached hydrogens (tertiary/aromatic N) is 4. The summed E-state index contributed by atoms with van der Waals surface area (Å²) < 4.78 is 1.93. The SMILES string of the molecule is C=N/C(=C(/C(N)=O)N(C)/C=C\C=C(/C)C(=O)NCc1ccc(-n2nccc2C(C)C)cc1)c1ccsc1.CCCCO. The van der Waals surface area contributed by atoms with E-state index in [4.69, 9.17) is 10.8 Å². The van der Waals surface area contributed by atoms with Crippen LogP contribution in [0.3, 0.4) is 0 Å². The Morgan fingerprint density at radius 2 is 1.95 bits per heavy atom. The number of aliphatic hydroxyl groups excluding tert-OH is 1. The third-order valence-corrected chi connectivity index (χ3v) is 6.87. The highest BCUT2D eigenvalue weighted by molar-refractivity contribution is 7.08. The smallest absolute Gasteiger partial charge is 0.267 e. The average Bonchev–Trinajstić information content (AvgIpc) is 3.68. The van der Waals surface area contributed by atoms with Crippen molar-refractivity contribution in [1.82, 2.24) is 20.0 Å². The van der Waals surface area contributed by atoms with Crippen LogP contribution in [0.2, 0.25) is 0 Å². The Labute approximate surface area is 252 Å². The van der Waals surface area contributed by atoms with Crippen molar-refractivity contribution in [2.75, 3.05) is 13.7 Å². The van der Waals surface area contributed by atoms with Gasteiger partial charge < -0.3 is 21.1 Å². The van der Waals surface area contributed by atoms with Crippen LogP contribution in [-0.2, 0) is 16.1 Å². The number of carbonyl (C=O) groups excluding carboxylic acids is 2. The number of aliphatic hydroxyl groups is 1. The summed E-state index contributed by atoms with van der Waals surface area (Å²) in [5.74, 6) is -0.453. The molecule has 0 radical (unpaired) electrons. The molecule has 4 N–H and O–H groups in total. The summed E-state index contributed by atoms with van der Waals surface area (Å²) in [5.41, 5.74) is 10.6. The van der Waals surface area contributed by atoms with Gasteiger partial charge >= 0.3 is 0 Å². The van der Waals surface area contributed by atoms with E-state index in [1.165, 1.54) is 11.3 Å². The van der Waals surface area contributed by atoms with Gasteiger partial charge in [-0.1, -0.05) is 45.4 Å². The van der Waals surface area contributed by atoms with Crippen LogP contribution in [0.4, 0.5) is 0 Å². The standard InChI is InChI=1S/C28H32N6O2S.C4H10O/c1-19(2)24-12-14-32-34(24)23-10-8-21(9-11-23)17-31-28(36)20(3)7-6-15-33(5)26(27(29)35)25(30-4)22-13-16-37-18-22;1-2-3-4-5/h6-16,18-19H,4,17H2,1-3,5H3,(H2,29,35)(H,31,36);5H,2-4H2,1H3/b15-6-,20-7+,26-25-;. The minimum absolute atomic E-state index is 0.192. The molecule has 3 rings (SSSR count). The van der Waals surface area contributed by atoms with Crippen LogP contribution < -0.4 is 11.1 Å². The number of amides is 2. The molecule has 0 unspecified atom stereocenters. The maximum atomic E-state index is 12.6. The molecule has 0 aliphatic heterocycles. The largest absolute Gasteiger partial charge is 0.396 e. The van der Waals surface area contributed by atoms with Gasteiger partial charge in [0.1, 0.15) is 5.70 Å². The summed E-state index contributed by atoms with van der Waals surface area (Å²) in [6, 6.07) is 11.8. The Morgan fingerprint density at radius 3 is 2.48 bits per heavy atom. The van der Waals surface area contributed by atoms with Crippen LogP contribution in [0.5, 0.6) is 0 Å². The summed E-state index contributed by atoms with van der Waals surface area (Å²) in [4.78, 5) is 30.3. The minimum Gasteiger partial charge on any atom is -0.396 e. The van der Waals surface area contributed by atoms with Crippen LogP contribution in [0.15, 0.2) is 88.0 Å². The maximum absolute atomic E-state index is 12.6. The second-order valence-corrected chi connectivity index (χ2v) is 10.6. The number of hydrogen-bond acceptors (Lipinski definition) is 7. The molecule has 10 heteroatoms. The average molecular weight is 591 g/mol. The second kappa shape index (κ2) is 17.5. The topological polar surface area (TPSA) is 126 Å². The fraction of sp³-hybridized carbons (Fsp3) is 0.312. The number of aromatic nitrogens is 2. The van der Waals surface area contributed by atoms with Gasteiger partial charge in [-0.25, -0.2) is 4.68 Å². The van der Waals surface area contributed by atoms with Gasteiger partial charge in [0.25, 0.3) is 5.91 Å². The lowest BCUT2D eigenvalue weighted by Crippen LogP contribution is -2.26. The minimum atomic E-state index is -0.627. The number of rotatable bonds is 13. The van der Waals surface area contributed by atoms with E-state index in [2.05, 4.69) is 42.9 Å². The van der Waals surface area contributed by atoms with Crippen LogP contribution >= 0.6 is 11.3 Å². The third kappa shape index (κ3) is 9.97. The highest BCUT2D eigenvalue weighted by Crippen LogP contribution is 2.24. The molecule has 9 nitrogen and oxygen atoms in total. The van der Waals surface area contributed by atoms with E-state index in [0.717, 1.165) is 35.3 Å². The fourth-order valence-corrected chi connectivity index (χ4v) is 4.47. The number of likely N-dealkylation sites (N-methyl/N-ethyl adjacent to an activating group) is 1. The van der Waals surface area contributed by atoms with Gasteiger partial charge in [-0.05, 0) is 67.3 Å². The van der Waals surface area contributed by atoms with Crippen LogP contribution in [0.25, 0.3) is 11.4 Å². The second-order valence-electron chi connectivity index (χ2n) is 9.78. The molecule has 0 saturated carbocycles. The highest BCUT2D eigenvalue weighted by atomic mass is 32.1. The molecule has 42 heavy (non-hydrogen) atoms. The zero-order valence-electron chi connectivity index (χ0n) is 25.1. The van der Waals surface area contributed by atoms with Crippen LogP contribution in [0.1, 0.15) is 63.3 Å². The number of nitrogens with two attached hydrogens (primary N) is 1. The molecule has 0 bridgehead atoms. The van der Waals surface area contributed by atoms with Crippen molar-refractivity contribution >= 4 is 35.6 Å². The van der Waals surface area contributed by atoms with Gasteiger partial charge in [0.05, 0.1) is 11.4 Å². The van der Waals surface area contributed by atoms with Crippen molar-refractivity contribution in [3.05, 3.63) is 99.8 Å². The quantitative estimate of drug-likeness (QED) is 0.140. The summed E-state index contributed by atoms with van der Waals surface area (Å²) >= 11 is 1.49. The first-order valence-electron chi connectivity index (χ1n) is 13.8. The monoisotopic (exact) mass is 590 g/mol. The van der Waals surface area contributed by atoms with E-state index in [0.29, 0.717) is 30.3 Å². The van der Waals surface area contributed by atoms with E-state index in [9.17, 15) is 9.59 Å². The highest BCUT2D eigenvalue weighted by Gasteiger charge is 2.17. The molecule has 1 aromatic carbocycles. The number of allylic oxidation sites excluding steroid dienone is 2. The van der Waals surface area contributed by atoms with Crippen LogP contribution in [-0.4, -0.2) is 52.0 Å². The molecular weight excluding hydrogens is 548 g/mol. The predicted molar refractivity (Wildman–Crippen MR) is 172 cm³/mol. The number of nitrogens with one attached hydrogen (secondary N) is 1. The first-order valence-corrected chi connectivity index (χ1v) is 14.7. The maximum Gasteiger partial charge on any atom is 0.267 e. The number of carbonyl (C=O) groups is 2. The summed E-state index contributed by atoms with van der Waals surface area (Å²) in [7, 11) is 1.69. The molecular formula is C32H42N6O3S. The van der Waals surface area contributed by atoms with Crippen molar-refractivity contribution in [2.24, 2.45) is 10.7 Å². The molecule has 3 aromatic rings.